The Morgan fingerprint density at radius 3 is 2.15 bits per heavy atom. The Hall–Kier alpha value is -3.44. The maximum Gasteiger partial charge on any atom is 0.410 e. The highest BCUT2D eigenvalue weighted by atomic mass is 16.6. The first-order valence-corrected chi connectivity index (χ1v) is 11.7. The first-order valence-electron chi connectivity index (χ1n) is 11.7. The molecule has 5 nitrogen and oxygen atoms in total. The maximum atomic E-state index is 12.5. The first-order chi connectivity index (χ1) is 16.3. The van der Waals surface area contributed by atoms with Crippen LogP contribution in [-0.2, 0) is 9.47 Å². The van der Waals surface area contributed by atoms with E-state index in [0.717, 1.165) is 33.7 Å². The lowest BCUT2D eigenvalue weighted by Crippen LogP contribution is -2.44. The molecule has 1 saturated heterocycles. The van der Waals surface area contributed by atoms with Gasteiger partial charge in [0.1, 0.15) is 11.7 Å². The summed E-state index contributed by atoms with van der Waals surface area (Å²) in [4.78, 5) is 19.3. The Labute approximate surface area is 202 Å². The molecule has 1 unspecified atom stereocenters. The van der Waals surface area contributed by atoms with E-state index in [1.54, 1.807) is 4.90 Å². The van der Waals surface area contributed by atoms with Gasteiger partial charge in [0.2, 0.25) is 0 Å². The number of aryl methyl sites for hydroxylation is 1. The molecule has 1 atom stereocenters. The van der Waals surface area contributed by atoms with Gasteiger partial charge in [-0.15, -0.1) is 0 Å². The van der Waals surface area contributed by atoms with Crippen LogP contribution >= 0.6 is 0 Å². The smallest absolute Gasteiger partial charge is 0.410 e. The van der Waals surface area contributed by atoms with Gasteiger partial charge in [0.05, 0.1) is 24.6 Å². The van der Waals surface area contributed by atoms with Crippen molar-refractivity contribution in [1.29, 1.82) is 0 Å². The molecule has 0 aromatic heterocycles. The molecule has 176 valence electrons. The number of hydrogen-bond acceptors (Lipinski definition) is 4. The lowest BCUT2D eigenvalue weighted by Gasteiger charge is -2.34. The monoisotopic (exact) mass is 456 g/mol. The van der Waals surface area contributed by atoms with Crippen molar-refractivity contribution in [3.63, 3.8) is 0 Å². The molecule has 1 fully saturated rings. The molecule has 0 radical (unpaired) electrons. The molecule has 0 bridgehead atoms. The largest absolute Gasteiger partial charge is 0.444 e. The number of aliphatic imine (C=N–C) groups is 1. The predicted octanol–water partition coefficient (Wildman–Crippen LogP) is 6.47. The summed E-state index contributed by atoms with van der Waals surface area (Å²) in [6.45, 7) is 9.18. The van der Waals surface area contributed by atoms with Gasteiger partial charge >= 0.3 is 6.09 Å². The van der Waals surface area contributed by atoms with Crippen LogP contribution < -0.4 is 0 Å². The summed E-state index contributed by atoms with van der Waals surface area (Å²) < 4.78 is 11.5. The second-order valence-electron chi connectivity index (χ2n) is 9.52. The van der Waals surface area contributed by atoms with Gasteiger partial charge < -0.3 is 14.4 Å². The molecule has 1 amide bonds. The average molecular weight is 457 g/mol. The fraction of sp³-hybridized carbons (Fsp3) is 0.310. The number of carbonyl (C=O) groups excluding carboxylic acids is 1. The minimum atomic E-state index is -0.518. The van der Waals surface area contributed by atoms with Crippen molar-refractivity contribution in [1.82, 2.24) is 4.90 Å². The van der Waals surface area contributed by atoms with Gasteiger partial charge in [-0.25, -0.2) is 9.79 Å². The number of morpholine rings is 1. The zero-order valence-electron chi connectivity index (χ0n) is 20.3. The second-order valence-corrected chi connectivity index (χ2v) is 9.52. The fourth-order valence-electron chi connectivity index (χ4n) is 3.96. The Kier molecular flexibility index (Phi) is 7.13. The summed E-state index contributed by atoms with van der Waals surface area (Å²) >= 11 is 0. The van der Waals surface area contributed by atoms with Crippen LogP contribution in [0.5, 0.6) is 0 Å². The van der Waals surface area contributed by atoms with Gasteiger partial charge in [-0.2, -0.15) is 0 Å². The van der Waals surface area contributed by atoms with Crippen molar-refractivity contribution in [2.45, 2.75) is 39.4 Å². The first kappa shape index (κ1) is 23.7. The van der Waals surface area contributed by atoms with Crippen molar-refractivity contribution in [3.8, 4) is 0 Å². The fourth-order valence-corrected chi connectivity index (χ4v) is 3.96. The van der Waals surface area contributed by atoms with E-state index in [2.05, 4.69) is 37.3 Å². The van der Waals surface area contributed by atoms with E-state index in [0.29, 0.717) is 19.7 Å². The molecule has 0 saturated carbocycles. The Morgan fingerprint density at radius 1 is 0.971 bits per heavy atom. The highest BCUT2D eigenvalue weighted by Gasteiger charge is 2.29. The van der Waals surface area contributed by atoms with Crippen LogP contribution in [0.1, 0.15) is 49.1 Å². The lowest BCUT2D eigenvalue weighted by molar-refractivity contribution is -0.0432. The van der Waals surface area contributed by atoms with Gasteiger partial charge in [0, 0.05) is 17.7 Å². The minimum absolute atomic E-state index is 0.194. The van der Waals surface area contributed by atoms with E-state index in [9.17, 15) is 4.79 Å². The molecule has 3 aromatic carbocycles. The molecular formula is C29H32N2O3. The van der Waals surface area contributed by atoms with Crippen LogP contribution in [0.3, 0.4) is 0 Å². The quantitative estimate of drug-likeness (QED) is 0.423. The molecule has 1 aliphatic heterocycles. The third-order valence-corrected chi connectivity index (χ3v) is 5.64. The number of hydrogen-bond donors (Lipinski definition) is 0. The van der Waals surface area contributed by atoms with E-state index < -0.39 is 5.60 Å². The lowest BCUT2D eigenvalue weighted by atomic mass is 10.0. The van der Waals surface area contributed by atoms with Crippen LogP contribution in [0.15, 0.2) is 83.9 Å². The maximum absolute atomic E-state index is 12.5. The molecule has 1 aliphatic rings. The van der Waals surface area contributed by atoms with Gasteiger partial charge in [-0.1, -0.05) is 72.8 Å². The normalized spacial score (nSPS) is 16.1. The summed E-state index contributed by atoms with van der Waals surface area (Å²) in [5.74, 6) is 0. The van der Waals surface area contributed by atoms with Crippen LogP contribution in [0.4, 0.5) is 10.5 Å². The third kappa shape index (κ3) is 5.91. The van der Waals surface area contributed by atoms with Crippen LogP contribution in [0, 0.1) is 6.92 Å². The minimum Gasteiger partial charge on any atom is -0.444 e. The number of amides is 1. The molecular weight excluding hydrogens is 424 g/mol. The summed E-state index contributed by atoms with van der Waals surface area (Å²) in [5, 5.41) is 0. The van der Waals surface area contributed by atoms with E-state index in [4.69, 9.17) is 14.5 Å². The highest BCUT2D eigenvalue weighted by Crippen LogP contribution is 2.29. The Balaban J connectivity index is 1.59. The van der Waals surface area contributed by atoms with Crippen molar-refractivity contribution in [3.05, 3.63) is 101 Å². The third-order valence-electron chi connectivity index (χ3n) is 5.64. The topological polar surface area (TPSA) is 51.1 Å². The molecule has 34 heavy (non-hydrogen) atoms. The summed E-state index contributed by atoms with van der Waals surface area (Å²) in [6, 6.07) is 26.6. The molecule has 0 aliphatic carbocycles. The molecule has 1 heterocycles. The summed E-state index contributed by atoms with van der Waals surface area (Å²) in [7, 11) is 0. The summed E-state index contributed by atoms with van der Waals surface area (Å²) in [5.41, 5.74) is 5.55. The number of rotatable bonds is 4. The number of carbonyl (C=O) groups is 1. The predicted molar refractivity (Wildman–Crippen MR) is 136 cm³/mol. The van der Waals surface area contributed by atoms with Crippen molar-refractivity contribution in [2.75, 3.05) is 19.7 Å². The van der Waals surface area contributed by atoms with Gasteiger partial charge in [-0.3, -0.25) is 0 Å². The van der Waals surface area contributed by atoms with Gasteiger partial charge in [0.25, 0.3) is 0 Å². The Bertz CT molecular complexity index is 1110. The molecule has 0 spiro atoms. The van der Waals surface area contributed by atoms with Crippen molar-refractivity contribution >= 4 is 17.5 Å². The highest BCUT2D eigenvalue weighted by molar-refractivity contribution is 6.14. The second kappa shape index (κ2) is 10.2. The molecule has 5 heteroatoms. The zero-order valence-corrected chi connectivity index (χ0v) is 20.3. The van der Waals surface area contributed by atoms with E-state index in [-0.39, 0.29) is 12.2 Å². The number of ether oxygens (including phenoxy) is 2. The number of benzene rings is 3. The standard InChI is InChI=1S/C29H32N2O3/c1-21-19-24(26-20-31(17-18-33-26)28(32)34-29(2,3)4)15-16-25(21)30-27(22-11-7-5-8-12-22)23-13-9-6-10-14-23/h5-16,19,26H,17-18,20H2,1-4H3. The molecule has 0 N–H and O–H groups in total. The van der Waals surface area contributed by atoms with Crippen LogP contribution in [0.2, 0.25) is 0 Å². The van der Waals surface area contributed by atoms with Crippen molar-refractivity contribution < 1.29 is 14.3 Å². The van der Waals surface area contributed by atoms with Crippen LogP contribution in [-0.4, -0.2) is 42.0 Å². The number of nitrogens with zero attached hydrogens (tertiary/aromatic N) is 2. The van der Waals surface area contributed by atoms with E-state index in [1.807, 2.05) is 69.3 Å². The molecule has 4 rings (SSSR count). The van der Waals surface area contributed by atoms with Gasteiger partial charge in [-0.05, 0) is 44.9 Å². The van der Waals surface area contributed by atoms with E-state index >= 15 is 0 Å². The molecule has 3 aromatic rings. The summed E-state index contributed by atoms with van der Waals surface area (Å²) in [6.07, 6.45) is -0.491. The van der Waals surface area contributed by atoms with Crippen molar-refractivity contribution in [2.24, 2.45) is 4.99 Å². The SMILES string of the molecule is Cc1cc(C2CN(C(=O)OC(C)(C)C)CCO2)ccc1N=C(c1ccccc1)c1ccccc1. The van der Waals surface area contributed by atoms with E-state index in [1.165, 1.54) is 0 Å². The average Bonchev–Trinajstić information content (AvgIpc) is 2.83. The zero-order chi connectivity index (χ0) is 24.1. The van der Waals surface area contributed by atoms with Crippen LogP contribution in [0.25, 0.3) is 0 Å². The Morgan fingerprint density at radius 2 is 1.59 bits per heavy atom. The van der Waals surface area contributed by atoms with Gasteiger partial charge in [0.15, 0.2) is 0 Å².